The van der Waals surface area contributed by atoms with Gasteiger partial charge in [0.15, 0.2) is 23.1 Å². The molecule has 0 saturated heterocycles. The van der Waals surface area contributed by atoms with Crippen LogP contribution in [-0.2, 0) is 11.2 Å². The minimum atomic E-state index is -0.139. The summed E-state index contributed by atoms with van der Waals surface area (Å²) in [6, 6.07) is 11.8. The first-order chi connectivity index (χ1) is 15.0. The van der Waals surface area contributed by atoms with Crippen molar-refractivity contribution >= 4 is 5.91 Å². The molecule has 0 unspecified atom stereocenters. The molecule has 1 aromatic heterocycles. The minimum Gasteiger partial charge on any atom is -0.490 e. The molecule has 0 bridgehead atoms. The second-order valence-corrected chi connectivity index (χ2v) is 7.96. The van der Waals surface area contributed by atoms with Crippen LogP contribution in [0.15, 0.2) is 47.0 Å². The highest BCUT2D eigenvalue weighted by atomic mass is 16.5. The van der Waals surface area contributed by atoms with Crippen molar-refractivity contribution in [3.05, 3.63) is 65.2 Å². The van der Waals surface area contributed by atoms with E-state index in [0.717, 1.165) is 34.8 Å². The van der Waals surface area contributed by atoms with Crippen LogP contribution in [0, 0.1) is 13.8 Å². The number of aromatic nitrogens is 1. The molecule has 2 aromatic carbocycles. The van der Waals surface area contributed by atoms with Crippen LogP contribution < -0.4 is 14.8 Å². The SMILES string of the molecule is Cc1ccc(-c2cnc(CCC(=O)N[C@@H](C)c3ccc4c(c3)OCCCO4)o2)cc1C. The standard InChI is InChI=1S/C25H28N2O4/c1-16-5-6-20(13-17(16)2)23-15-26-25(31-23)10-9-24(28)27-18(3)19-7-8-21-22(14-19)30-12-4-11-29-21/h5-8,13-15,18H,4,9-12H2,1-3H3,(H,27,28)/t18-/m0/s1. The van der Waals surface area contributed by atoms with Crippen LogP contribution in [0.1, 0.15) is 48.4 Å². The number of carbonyl (C=O) groups excluding carboxylic acids is 1. The van der Waals surface area contributed by atoms with Gasteiger partial charge in [-0.25, -0.2) is 4.98 Å². The van der Waals surface area contributed by atoms with Crippen LogP contribution >= 0.6 is 0 Å². The lowest BCUT2D eigenvalue weighted by atomic mass is 10.1. The predicted molar refractivity (Wildman–Crippen MR) is 118 cm³/mol. The maximum atomic E-state index is 12.5. The highest BCUT2D eigenvalue weighted by molar-refractivity contribution is 5.76. The van der Waals surface area contributed by atoms with Gasteiger partial charge in [0.25, 0.3) is 0 Å². The summed E-state index contributed by atoms with van der Waals surface area (Å²) in [6.45, 7) is 7.41. The molecule has 4 rings (SSSR count). The molecule has 0 spiro atoms. The summed E-state index contributed by atoms with van der Waals surface area (Å²) in [5, 5.41) is 3.04. The quantitative estimate of drug-likeness (QED) is 0.612. The molecular formula is C25H28N2O4. The summed E-state index contributed by atoms with van der Waals surface area (Å²) in [5.41, 5.74) is 4.42. The van der Waals surface area contributed by atoms with E-state index in [2.05, 4.69) is 36.3 Å². The zero-order valence-corrected chi connectivity index (χ0v) is 18.2. The lowest BCUT2D eigenvalue weighted by Crippen LogP contribution is -2.26. The van der Waals surface area contributed by atoms with Gasteiger partial charge in [-0.2, -0.15) is 0 Å². The third-order valence-corrected chi connectivity index (χ3v) is 5.56. The molecule has 1 N–H and O–H groups in total. The Morgan fingerprint density at radius 3 is 2.68 bits per heavy atom. The zero-order chi connectivity index (χ0) is 21.8. The van der Waals surface area contributed by atoms with E-state index in [-0.39, 0.29) is 11.9 Å². The minimum absolute atomic E-state index is 0.0504. The zero-order valence-electron chi connectivity index (χ0n) is 18.2. The second-order valence-electron chi connectivity index (χ2n) is 7.96. The fourth-order valence-corrected chi connectivity index (χ4v) is 3.52. The maximum Gasteiger partial charge on any atom is 0.220 e. The van der Waals surface area contributed by atoms with Crippen LogP contribution in [0.4, 0.5) is 0 Å². The van der Waals surface area contributed by atoms with Gasteiger partial charge in [-0.15, -0.1) is 0 Å². The number of carbonyl (C=O) groups is 1. The number of benzene rings is 2. The number of nitrogens with one attached hydrogen (secondary N) is 1. The van der Waals surface area contributed by atoms with Crippen LogP contribution in [-0.4, -0.2) is 24.1 Å². The van der Waals surface area contributed by atoms with Crippen molar-refractivity contribution in [2.24, 2.45) is 0 Å². The van der Waals surface area contributed by atoms with E-state index in [4.69, 9.17) is 13.9 Å². The summed E-state index contributed by atoms with van der Waals surface area (Å²) in [5.74, 6) is 2.72. The summed E-state index contributed by atoms with van der Waals surface area (Å²) in [7, 11) is 0. The van der Waals surface area contributed by atoms with E-state index in [1.54, 1.807) is 6.20 Å². The monoisotopic (exact) mass is 420 g/mol. The Balaban J connectivity index is 1.33. The summed E-state index contributed by atoms with van der Waals surface area (Å²) < 4.78 is 17.3. The molecule has 0 radical (unpaired) electrons. The topological polar surface area (TPSA) is 73.6 Å². The van der Waals surface area contributed by atoms with Gasteiger partial charge in [-0.1, -0.05) is 18.2 Å². The van der Waals surface area contributed by atoms with Gasteiger partial charge in [0.1, 0.15) is 0 Å². The molecule has 6 nitrogen and oxygen atoms in total. The second kappa shape index (κ2) is 9.25. The van der Waals surface area contributed by atoms with E-state index in [9.17, 15) is 4.79 Å². The largest absolute Gasteiger partial charge is 0.490 e. The number of aryl methyl sites for hydroxylation is 3. The van der Waals surface area contributed by atoms with Gasteiger partial charge in [0.2, 0.25) is 5.91 Å². The van der Waals surface area contributed by atoms with E-state index >= 15 is 0 Å². The van der Waals surface area contributed by atoms with Gasteiger partial charge >= 0.3 is 0 Å². The average molecular weight is 421 g/mol. The lowest BCUT2D eigenvalue weighted by molar-refractivity contribution is -0.121. The molecule has 6 heteroatoms. The van der Waals surface area contributed by atoms with Crippen LogP contribution in [0.5, 0.6) is 11.5 Å². The van der Waals surface area contributed by atoms with Gasteiger partial charge in [-0.05, 0) is 55.7 Å². The number of rotatable bonds is 6. The fraction of sp³-hybridized carbons (Fsp3) is 0.360. The Labute approximate surface area is 182 Å². The Kier molecular flexibility index (Phi) is 6.26. The summed E-state index contributed by atoms with van der Waals surface area (Å²) in [4.78, 5) is 16.8. The van der Waals surface area contributed by atoms with Gasteiger partial charge < -0.3 is 19.2 Å². The van der Waals surface area contributed by atoms with Crippen molar-refractivity contribution in [3.8, 4) is 22.8 Å². The van der Waals surface area contributed by atoms with E-state index in [1.165, 1.54) is 11.1 Å². The molecule has 162 valence electrons. The third-order valence-electron chi connectivity index (χ3n) is 5.56. The third kappa shape index (κ3) is 5.08. The van der Waals surface area contributed by atoms with Crippen LogP contribution in [0.3, 0.4) is 0 Å². The number of oxazole rings is 1. The number of hydrogen-bond donors (Lipinski definition) is 1. The molecule has 1 aliphatic rings. The smallest absolute Gasteiger partial charge is 0.220 e. The van der Waals surface area contributed by atoms with E-state index in [1.807, 2.05) is 31.2 Å². The Morgan fingerprint density at radius 1 is 1.06 bits per heavy atom. The molecule has 2 heterocycles. The van der Waals surface area contributed by atoms with Crippen molar-refractivity contribution in [1.82, 2.24) is 10.3 Å². The maximum absolute atomic E-state index is 12.5. The Hall–Kier alpha value is -3.28. The van der Waals surface area contributed by atoms with Crippen molar-refractivity contribution < 1.29 is 18.7 Å². The molecule has 3 aromatic rings. The first-order valence-corrected chi connectivity index (χ1v) is 10.7. The molecule has 0 aliphatic carbocycles. The average Bonchev–Trinajstić information content (AvgIpc) is 3.11. The lowest BCUT2D eigenvalue weighted by Gasteiger charge is -2.16. The summed E-state index contributed by atoms with van der Waals surface area (Å²) in [6.07, 6.45) is 3.34. The summed E-state index contributed by atoms with van der Waals surface area (Å²) >= 11 is 0. The number of fused-ring (bicyclic) bond motifs is 1. The van der Waals surface area contributed by atoms with Gasteiger partial charge in [-0.3, -0.25) is 4.79 Å². The van der Waals surface area contributed by atoms with Crippen LogP contribution in [0.2, 0.25) is 0 Å². The van der Waals surface area contributed by atoms with Crippen molar-refractivity contribution in [2.75, 3.05) is 13.2 Å². The first kappa shape index (κ1) is 21.0. The molecule has 31 heavy (non-hydrogen) atoms. The van der Waals surface area contributed by atoms with Crippen LogP contribution in [0.25, 0.3) is 11.3 Å². The van der Waals surface area contributed by atoms with Crippen molar-refractivity contribution in [1.29, 1.82) is 0 Å². The number of ether oxygens (including phenoxy) is 2. The molecule has 0 saturated carbocycles. The normalized spacial score (nSPS) is 14.0. The van der Waals surface area contributed by atoms with Gasteiger partial charge in [0, 0.05) is 24.8 Å². The molecular weight excluding hydrogens is 392 g/mol. The molecule has 1 aliphatic heterocycles. The highest BCUT2D eigenvalue weighted by Crippen LogP contribution is 2.32. The first-order valence-electron chi connectivity index (χ1n) is 10.7. The number of amides is 1. The predicted octanol–water partition coefficient (Wildman–Crippen LogP) is 4.93. The Morgan fingerprint density at radius 2 is 1.87 bits per heavy atom. The Bertz CT molecular complexity index is 1070. The van der Waals surface area contributed by atoms with Gasteiger partial charge in [0.05, 0.1) is 25.5 Å². The van der Waals surface area contributed by atoms with Crippen molar-refractivity contribution in [2.45, 2.75) is 46.1 Å². The fourth-order valence-electron chi connectivity index (χ4n) is 3.52. The number of hydrogen-bond acceptors (Lipinski definition) is 5. The highest BCUT2D eigenvalue weighted by Gasteiger charge is 2.16. The van der Waals surface area contributed by atoms with E-state index in [0.29, 0.717) is 31.9 Å². The van der Waals surface area contributed by atoms with E-state index < -0.39 is 0 Å². The molecule has 0 fully saturated rings. The van der Waals surface area contributed by atoms with Crippen molar-refractivity contribution in [3.63, 3.8) is 0 Å². The molecule has 1 atom stereocenters. The molecule has 1 amide bonds. The number of nitrogens with zero attached hydrogens (tertiary/aromatic N) is 1.